The number of nitrogens with one attached hydrogen (secondary N) is 2. The molecular weight excluding hydrogens is 496 g/mol. The first-order valence-electron chi connectivity index (χ1n) is 12.8. The van der Waals surface area contributed by atoms with Crippen molar-refractivity contribution >= 4 is 22.7 Å². The molecular formula is C27H28N10O2. The van der Waals surface area contributed by atoms with E-state index in [-0.39, 0.29) is 11.7 Å². The molecule has 1 fully saturated rings. The summed E-state index contributed by atoms with van der Waals surface area (Å²) in [6.45, 7) is 6.16. The van der Waals surface area contributed by atoms with Gasteiger partial charge >= 0.3 is 0 Å². The fraction of sp³-hybridized carbons (Fsp3) is 0.296. The summed E-state index contributed by atoms with van der Waals surface area (Å²) in [7, 11) is 1.70. The number of aromatic nitrogens is 8. The summed E-state index contributed by atoms with van der Waals surface area (Å²) >= 11 is 0. The zero-order valence-corrected chi connectivity index (χ0v) is 21.9. The van der Waals surface area contributed by atoms with Crippen LogP contribution in [0.4, 0.5) is 11.6 Å². The maximum Gasteiger partial charge on any atom is 0.260 e. The molecule has 1 aliphatic heterocycles. The first-order chi connectivity index (χ1) is 19.0. The average Bonchev–Trinajstić information content (AvgIpc) is 3.61. The van der Waals surface area contributed by atoms with Crippen molar-refractivity contribution in [2.24, 2.45) is 7.05 Å². The highest BCUT2D eigenvalue weighted by Crippen LogP contribution is 2.26. The predicted molar refractivity (Wildman–Crippen MR) is 147 cm³/mol. The minimum Gasteiger partial charge on any atom is -0.489 e. The van der Waals surface area contributed by atoms with Gasteiger partial charge in [-0.3, -0.25) is 14.3 Å². The Morgan fingerprint density at radius 2 is 1.97 bits per heavy atom. The lowest BCUT2D eigenvalue weighted by molar-refractivity contribution is 0.223. The van der Waals surface area contributed by atoms with Crippen LogP contribution in [0, 0.1) is 6.92 Å². The quantitative estimate of drug-likeness (QED) is 0.327. The van der Waals surface area contributed by atoms with Crippen LogP contribution in [0.15, 0.2) is 53.6 Å². The summed E-state index contributed by atoms with van der Waals surface area (Å²) in [4.78, 5) is 28.6. The normalized spacial score (nSPS) is 15.1. The van der Waals surface area contributed by atoms with Crippen LogP contribution >= 0.6 is 0 Å². The van der Waals surface area contributed by atoms with Crippen molar-refractivity contribution in [3.8, 4) is 28.4 Å². The minimum atomic E-state index is -0.146. The number of benzene rings is 1. The first-order valence-corrected chi connectivity index (χ1v) is 12.8. The summed E-state index contributed by atoms with van der Waals surface area (Å²) in [6, 6.07) is 11.4. The van der Waals surface area contributed by atoms with E-state index in [0.717, 1.165) is 47.5 Å². The van der Waals surface area contributed by atoms with E-state index in [1.165, 1.54) is 4.80 Å². The van der Waals surface area contributed by atoms with Gasteiger partial charge in [-0.25, -0.2) is 4.98 Å². The van der Waals surface area contributed by atoms with Gasteiger partial charge in [0.05, 0.1) is 7.05 Å². The van der Waals surface area contributed by atoms with Crippen LogP contribution in [0.5, 0.6) is 5.75 Å². The number of hydrogen-bond acceptors (Lipinski definition) is 10. The Labute approximate surface area is 224 Å². The minimum absolute atomic E-state index is 0.146. The van der Waals surface area contributed by atoms with Gasteiger partial charge in [0.15, 0.2) is 0 Å². The highest BCUT2D eigenvalue weighted by molar-refractivity contribution is 5.82. The van der Waals surface area contributed by atoms with Gasteiger partial charge in [-0.1, -0.05) is 0 Å². The molecule has 0 aliphatic carbocycles. The maximum atomic E-state index is 13.6. The van der Waals surface area contributed by atoms with Gasteiger partial charge in [0.25, 0.3) is 5.56 Å². The number of nitrogens with zero attached hydrogens (tertiary/aromatic N) is 8. The molecule has 1 aliphatic rings. The molecule has 2 N–H and O–H groups in total. The second-order valence-electron chi connectivity index (χ2n) is 9.45. The Morgan fingerprint density at radius 1 is 1.13 bits per heavy atom. The number of hydrogen-bond donors (Lipinski definition) is 2. The fourth-order valence-electron chi connectivity index (χ4n) is 4.72. The Hall–Kier alpha value is -4.71. The molecule has 5 aromatic rings. The lowest BCUT2D eigenvalue weighted by atomic mass is 10.0. The van der Waals surface area contributed by atoms with Crippen LogP contribution in [-0.2, 0) is 13.6 Å². The van der Waals surface area contributed by atoms with Crippen LogP contribution in [0.2, 0.25) is 0 Å². The van der Waals surface area contributed by atoms with Gasteiger partial charge in [-0.05, 0) is 74.0 Å². The third kappa shape index (κ3) is 4.93. The summed E-state index contributed by atoms with van der Waals surface area (Å²) < 4.78 is 7.65. The molecule has 0 spiro atoms. The molecule has 1 atom stereocenters. The van der Waals surface area contributed by atoms with Gasteiger partial charge in [0.2, 0.25) is 11.8 Å². The second-order valence-corrected chi connectivity index (χ2v) is 9.45. The molecule has 12 heteroatoms. The molecule has 0 saturated carbocycles. The van der Waals surface area contributed by atoms with E-state index >= 15 is 0 Å². The largest absolute Gasteiger partial charge is 0.489 e. The Morgan fingerprint density at radius 3 is 2.67 bits per heavy atom. The van der Waals surface area contributed by atoms with Crippen molar-refractivity contribution in [3.63, 3.8) is 0 Å². The number of tetrazole rings is 1. The topological polar surface area (TPSA) is 138 Å². The molecule has 1 saturated heterocycles. The number of fused-ring (bicyclic) bond motifs is 1. The number of ether oxygens (including phenoxy) is 1. The van der Waals surface area contributed by atoms with Crippen molar-refractivity contribution in [1.29, 1.82) is 0 Å². The summed E-state index contributed by atoms with van der Waals surface area (Å²) in [6.07, 6.45) is 4.62. The fourth-order valence-corrected chi connectivity index (χ4v) is 4.72. The monoisotopic (exact) mass is 524 g/mol. The number of anilines is 2. The smallest absolute Gasteiger partial charge is 0.260 e. The number of pyridine rings is 2. The Kier molecular flexibility index (Phi) is 6.45. The highest BCUT2D eigenvalue weighted by Gasteiger charge is 2.17. The molecule has 1 unspecified atom stereocenters. The lowest BCUT2D eigenvalue weighted by Gasteiger charge is -2.14. The third-order valence-electron chi connectivity index (χ3n) is 6.71. The highest BCUT2D eigenvalue weighted by atomic mass is 16.5. The van der Waals surface area contributed by atoms with Crippen molar-refractivity contribution in [2.75, 3.05) is 18.4 Å². The summed E-state index contributed by atoms with van der Waals surface area (Å²) in [5.41, 5.74) is 3.97. The average molecular weight is 525 g/mol. The van der Waals surface area contributed by atoms with E-state index in [9.17, 15) is 4.79 Å². The van der Waals surface area contributed by atoms with Crippen molar-refractivity contribution < 1.29 is 4.74 Å². The standard InChI is InChI=1S/C27H28N10O2/c1-4-37-25-17(12-21(26(37)38)22-15-29-23(11-16(22)2)24-33-35-36(3)34-24)13-30-27(32-25)31-18-5-7-19(8-6-18)39-20-9-10-28-14-20/h5-8,11-13,15,20,28H,4,9-10,14H2,1-3H3,(H,30,31,32). The van der Waals surface area contributed by atoms with Crippen LogP contribution < -0.4 is 20.9 Å². The van der Waals surface area contributed by atoms with Crippen molar-refractivity contribution in [3.05, 3.63) is 64.7 Å². The molecule has 5 heterocycles. The SMILES string of the molecule is CCn1c(=O)c(-c2cnc(-c3nnn(C)n3)cc2C)cc2cnc(Nc3ccc(OC4CCNC4)cc3)nc21. The first kappa shape index (κ1) is 24.6. The van der Waals surface area contributed by atoms with Gasteiger partial charge in [0, 0.05) is 47.7 Å². The van der Waals surface area contributed by atoms with E-state index in [1.807, 2.05) is 50.2 Å². The van der Waals surface area contributed by atoms with Crippen molar-refractivity contribution in [2.45, 2.75) is 32.9 Å². The van der Waals surface area contributed by atoms with Crippen LogP contribution in [0.25, 0.3) is 33.7 Å². The maximum absolute atomic E-state index is 13.6. The van der Waals surface area contributed by atoms with Gasteiger partial charge in [0.1, 0.15) is 23.2 Å². The van der Waals surface area contributed by atoms with E-state index in [1.54, 1.807) is 24.0 Å². The van der Waals surface area contributed by atoms with Crippen LogP contribution in [-0.4, -0.2) is 58.9 Å². The van der Waals surface area contributed by atoms with E-state index in [0.29, 0.717) is 35.2 Å². The van der Waals surface area contributed by atoms with E-state index in [4.69, 9.17) is 4.74 Å². The molecule has 39 heavy (non-hydrogen) atoms. The molecule has 0 bridgehead atoms. The zero-order valence-electron chi connectivity index (χ0n) is 21.9. The Balaban J connectivity index is 1.29. The Bertz CT molecular complexity index is 1700. The summed E-state index contributed by atoms with van der Waals surface area (Å²) in [5, 5.41) is 19.4. The predicted octanol–water partition coefficient (Wildman–Crippen LogP) is 2.86. The molecule has 4 aromatic heterocycles. The molecule has 6 rings (SSSR count). The van der Waals surface area contributed by atoms with Crippen LogP contribution in [0.3, 0.4) is 0 Å². The lowest BCUT2D eigenvalue weighted by Crippen LogP contribution is -2.22. The van der Waals surface area contributed by atoms with Crippen molar-refractivity contribution in [1.82, 2.24) is 45.0 Å². The second kappa shape index (κ2) is 10.2. The molecule has 0 radical (unpaired) electrons. The number of aryl methyl sites for hydroxylation is 3. The molecule has 1 aromatic carbocycles. The zero-order chi connectivity index (χ0) is 26.9. The molecule has 0 amide bonds. The van der Waals surface area contributed by atoms with Gasteiger partial charge in [-0.2, -0.15) is 9.78 Å². The summed E-state index contributed by atoms with van der Waals surface area (Å²) in [5.74, 6) is 1.66. The van der Waals surface area contributed by atoms with Gasteiger partial charge in [-0.15, -0.1) is 10.2 Å². The number of rotatable bonds is 7. The molecule has 198 valence electrons. The van der Waals surface area contributed by atoms with E-state index < -0.39 is 0 Å². The van der Waals surface area contributed by atoms with Gasteiger partial charge < -0.3 is 15.4 Å². The third-order valence-corrected chi connectivity index (χ3v) is 6.71. The van der Waals surface area contributed by atoms with E-state index in [2.05, 4.69) is 41.0 Å². The molecule has 12 nitrogen and oxygen atoms in total. The van der Waals surface area contributed by atoms with Crippen LogP contribution in [0.1, 0.15) is 18.9 Å².